The monoisotopic (exact) mass is 810 g/mol. The zero-order valence-electron chi connectivity index (χ0n) is 27.1. The Balaban J connectivity index is 0.00000423. The number of nitrogens with one attached hydrogen (secondary N) is 1. The number of likely N-dealkylation sites (N-methyl/N-ethyl adjacent to an activating group) is 1. The average Bonchev–Trinajstić information content (AvgIpc) is 2.95. The largest absolute Gasteiger partial charge is 0.456 e. The molecular weight excluding hydrogens is 761 g/mol. The van der Waals surface area contributed by atoms with E-state index in [0.717, 1.165) is 16.7 Å². The number of Topliss-reactive ketones (excluding diaryl/α,β-unsaturated/α-hetero) is 1. The van der Waals surface area contributed by atoms with E-state index >= 15 is 0 Å². The first kappa shape index (κ1) is 35.2. The van der Waals surface area contributed by atoms with Gasteiger partial charge < -0.3 is 29.7 Å². The Kier molecular flexibility index (Phi) is 9.97. The summed E-state index contributed by atoms with van der Waals surface area (Å²) in [5, 5.41) is 28.1. The van der Waals surface area contributed by atoms with E-state index in [1.54, 1.807) is 7.05 Å². The van der Waals surface area contributed by atoms with Crippen molar-refractivity contribution in [2.75, 3.05) is 20.8 Å². The van der Waals surface area contributed by atoms with Crippen LogP contribution in [-0.4, -0.2) is 72.2 Å². The standard InChI is InChI=1S/C34H49NO7.Ac/c1-18-15-24-33(38,17-41-24)28-21(4)34(39)16-23(19(2)25(31(34,5)6)20(3)29(36)32(18,28)7)42-30(37)27(40-9)26(35-8)22-13-11-10-12-14-22;/h10-14,18,20-21,23-24,26-28,35,38-39H,15-17H2,1-9H3;/t18-,20+,21-,23?,24?,26?,27?,28?,32+,33?,34?;/m0./s1. The minimum absolute atomic E-state index is 0. The molecule has 235 valence electrons. The number of benzene rings is 1. The second-order valence-electron chi connectivity index (χ2n) is 14.2. The summed E-state index contributed by atoms with van der Waals surface area (Å²) in [6.07, 6.45) is -1.31. The van der Waals surface area contributed by atoms with E-state index in [0.29, 0.717) is 6.42 Å². The van der Waals surface area contributed by atoms with Crippen LogP contribution in [0.15, 0.2) is 41.5 Å². The number of ketones is 1. The van der Waals surface area contributed by atoms with Crippen molar-refractivity contribution >= 4 is 11.8 Å². The van der Waals surface area contributed by atoms with E-state index in [1.807, 2.05) is 71.9 Å². The van der Waals surface area contributed by atoms with Gasteiger partial charge in [-0.3, -0.25) is 4.79 Å². The van der Waals surface area contributed by atoms with E-state index < -0.39 is 64.0 Å². The summed E-state index contributed by atoms with van der Waals surface area (Å²) in [7, 11) is 3.26. The van der Waals surface area contributed by atoms with Gasteiger partial charge in [-0.1, -0.05) is 71.9 Å². The minimum Gasteiger partial charge on any atom is -0.456 e. The Morgan fingerprint density at radius 1 is 1.12 bits per heavy atom. The number of hydrogen-bond acceptors (Lipinski definition) is 8. The number of ether oxygens (including phenoxy) is 3. The third-order valence-electron chi connectivity index (χ3n) is 12.1. The molecule has 8 nitrogen and oxygen atoms in total. The SMILES string of the molecule is CNC(c1ccccc1)C(OC)C(=O)OC1CC2(O)[C@@H](C)C3C4(O)COC4C[C@H](C)[C@@]3(C)C(=O)[C@H](C)C(=C1C)C2(C)C.[Ac]. The zero-order chi connectivity index (χ0) is 31.0. The number of rotatable bonds is 6. The normalized spacial score (nSPS) is 41.3. The summed E-state index contributed by atoms with van der Waals surface area (Å²) in [6.45, 7) is 14.0. The van der Waals surface area contributed by atoms with Gasteiger partial charge in [-0.25, -0.2) is 4.79 Å². The quantitative estimate of drug-likeness (QED) is 0.292. The molecule has 0 spiro atoms. The van der Waals surface area contributed by atoms with Crippen LogP contribution in [0.2, 0.25) is 0 Å². The third kappa shape index (κ3) is 4.98. The molecule has 1 aliphatic heterocycles. The first-order valence-electron chi connectivity index (χ1n) is 15.4. The first-order valence-corrected chi connectivity index (χ1v) is 15.4. The van der Waals surface area contributed by atoms with Crippen LogP contribution in [0.1, 0.15) is 72.9 Å². The predicted molar refractivity (Wildman–Crippen MR) is 158 cm³/mol. The van der Waals surface area contributed by atoms with Gasteiger partial charge >= 0.3 is 5.97 Å². The molecule has 1 heterocycles. The van der Waals surface area contributed by atoms with E-state index in [4.69, 9.17) is 14.2 Å². The second-order valence-corrected chi connectivity index (χ2v) is 14.2. The Morgan fingerprint density at radius 2 is 1.74 bits per heavy atom. The van der Waals surface area contributed by atoms with Crippen LogP contribution in [0.3, 0.4) is 0 Å². The van der Waals surface area contributed by atoms with E-state index in [9.17, 15) is 19.8 Å². The van der Waals surface area contributed by atoms with Crippen LogP contribution in [0.25, 0.3) is 0 Å². The maximum atomic E-state index is 14.6. The van der Waals surface area contributed by atoms with Crippen LogP contribution >= 0.6 is 0 Å². The minimum atomic E-state index is -1.38. The Bertz CT molecular complexity index is 1270. The Morgan fingerprint density at radius 3 is 2.28 bits per heavy atom. The molecule has 1 saturated heterocycles. The molecule has 2 saturated carbocycles. The van der Waals surface area contributed by atoms with Gasteiger partial charge in [0, 0.05) is 80.3 Å². The number of esters is 1. The third-order valence-corrected chi connectivity index (χ3v) is 12.1. The van der Waals surface area contributed by atoms with E-state index in [-0.39, 0.29) is 74.9 Å². The van der Waals surface area contributed by atoms with Crippen molar-refractivity contribution in [2.24, 2.45) is 34.5 Å². The summed E-state index contributed by atoms with van der Waals surface area (Å²) < 4.78 is 17.8. The van der Waals surface area contributed by atoms with Crippen molar-refractivity contribution in [1.29, 1.82) is 0 Å². The van der Waals surface area contributed by atoms with Gasteiger partial charge in [-0.2, -0.15) is 0 Å². The molecule has 0 aromatic heterocycles. The first-order chi connectivity index (χ1) is 19.6. The van der Waals surface area contributed by atoms with Crippen molar-refractivity contribution in [3.63, 3.8) is 0 Å². The fourth-order valence-electron chi connectivity index (χ4n) is 9.63. The van der Waals surface area contributed by atoms with E-state index in [2.05, 4.69) is 12.2 Å². The van der Waals surface area contributed by atoms with Crippen molar-refractivity contribution in [3.8, 4) is 0 Å². The van der Waals surface area contributed by atoms with Gasteiger partial charge in [-0.05, 0) is 48.9 Å². The number of methoxy groups -OCH3 is 1. The smallest absolute Gasteiger partial charge is 0.337 e. The molecule has 11 atom stereocenters. The van der Waals surface area contributed by atoms with Crippen LogP contribution in [0.4, 0.5) is 0 Å². The molecule has 4 aliphatic rings. The Hall–Kier alpha value is -0.658. The van der Waals surface area contributed by atoms with Crippen molar-refractivity contribution < 1.29 is 78.1 Å². The summed E-state index contributed by atoms with van der Waals surface area (Å²) >= 11 is 0. The van der Waals surface area contributed by atoms with Gasteiger partial charge in [0.05, 0.1) is 24.4 Å². The Labute approximate surface area is 292 Å². The molecule has 1 aromatic carbocycles. The molecule has 43 heavy (non-hydrogen) atoms. The number of fused-ring (bicyclic) bond motifs is 5. The number of carbonyl (C=O) groups excluding carboxylic acids is 2. The van der Waals surface area contributed by atoms with Gasteiger partial charge in [0.25, 0.3) is 0 Å². The maximum Gasteiger partial charge on any atom is 0.337 e. The zero-order valence-corrected chi connectivity index (χ0v) is 31.9. The molecule has 9 heteroatoms. The molecule has 3 fully saturated rings. The molecule has 1 aromatic rings. The molecule has 3 N–H and O–H groups in total. The molecule has 5 rings (SSSR count). The van der Waals surface area contributed by atoms with Gasteiger partial charge in [0.15, 0.2) is 6.10 Å². The van der Waals surface area contributed by atoms with Gasteiger partial charge in [0.1, 0.15) is 17.5 Å². The van der Waals surface area contributed by atoms with Crippen molar-refractivity contribution in [2.45, 2.75) is 96.9 Å². The van der Waals surface area contributed by atoms with Crippen LogP contribution in [0.5, 0.6) is 0 Å². The molecule has 1 radical (unpaired) electrons. The van der Waals surface area contributed by atoms with Crippen LogP contribution < -0.4 is 5.32 Å². The number of hydrogen-bond donors (Lipinski definition) is 3. The average molecular weight is 811 g/mol. The molecule has 3 aliphatic carbocycles. The van der Waals surface area contributed by atoms with Gasteiger partial charge in [0.2, 0.25) is 0 Å². The molecule has 2 bridgehead atoms. The predicted octanol–water partition coefficient (Wildman–Crippen LogP) is 4.00. The summed E-state index contributed by atoms with van der Waals surface area (Å²) in [6, 6.07) is 9.14. The summed E-state index contributed by atoms with van der Waals surface area (Å²) in [5.41, 5.74) is -1.76. The topological polar surface area (TPSA) is 114 Å². The number of carbonyl (C=O) groups is 2. The molecule has 0 amide bonds. The van der Waals surface area contributed by atoms with Crippen LogP contribution in [-0.2, 0) is 23.8 Å². The fourth-order valence-corrected chi connectivity index (χ4v) is 9.63. The fraction of sp³-hybridized carbons (Fsp3) is 0.706. The second kappa shape index (κ2) is 12.2. The van der Waals surface area contributed by atoms with Crippen molar-refractivity contribution in [3.05, 3.63) is 47.0 Å². The van der Waals surface area contributed by atoms with Gasteiger partial charge in [-0.15, -0.1) is 0 Å². The summed E-state index contributed by atoms with van der Waals surface area (Å²) in [4.78, 5) is 28.4. The summed E-state index contributed by atoms with van der Waals surface area (Å²) in [5.74, 6) is -2.08. The van der Waals surface area contributed by atoms with Crippen molar-refractivity contribution in [1.82, 2.24) is 5.32 Å². The number of aliphatic hydroxyl groups is 2. The van der Waals surface area contributed by atoms with E-state index in [1.165, 1.54) is 7.11 Å². The molecular formula is C34H49AcNO7. The molecule has 7 unspecified atom stereocenters. The maximum absolute atomic E-state index is 14.6. The van der Waals surface area contributed by atoms with Crippen LogP contribution in [0, 0.1) is 78.6 Å².